The molecule has 18 heavy (non-hydrogen) atoms. The first-order valence-corrected chi connectivity index (χ1v) is 6.53. The van der Waals surface area contributed by atoms with Gasteiger partial charge < -0.3 is 10.1 Å². The maximum Gasteiger partial charge on any atom is 0.407 e. The smallest absolute Gasteiger partial charge is 0.407 e. The van der Waals surface area contributed by atoms with Gasteiger partial charge in [-0.2, -0.15) is 0 Å². The number of benzene rings is 1. The number of halogens is 1. The molecule has 4 heteroatoms. The van der Waals surface area contributed by atoms with Gasteiger partial charge >= 0.3 is 6.09 Å². The topological polar surface area (TPSA) is 38.3 Å². The summed E-state index contributed by atoms with van der Waals surface area (Å²) in [5.74, 6) is 0.355. The fourth-order valence-corrected chi connectivity index (χ4v) is 1.70. The average Bonchev–Trinajstić information content (AvgIpc) is 2.27. The van der Waals surface area contributed by atoms with E-state index in [-0.39, 0.29) is 6.04 Å². The van der Waals surface area contributed by atoms with Crippen molar-refractivity contribution in [1.29, 1.82) is 0 Å². The zero-order valence-electron chi connectivity index (χ0n) is 11.1. The lowest BCUT2D eigenvalue weighted by Gasteiger charge is -2.22. The summed E-state index contributed by atoms with van der Waals surface area (Å²) in [6.07, 6.45) is 0.271. The van der Waals surface area contributed by atoms with Gasteiger partial charge in [0, 0.05) is 11.9 Å². The lowest BCUT2D eigenvalue weighted by Crippen LogP contribution is -2.41. The van der Waals surface area contributed by atoms with E-state index in [1.54, 1.807) is 0 Å². The van der Waals surface area contributed by atoms with Crippen molar-refractivity contribution in [3.63, 3.8) is 0 Å². The van der Waals surface area contributed by atoms with Crippen LogP contribution in [-0.2, 0) is 11.2 Å². The molecule has 3 nitrogen and oxygen atoms in total. The predicted molar refractivity (Wildman–Crippen MR) is 74.0 cm³/mol. The maximum atomic E-state index is 11.6. The molecule has 1 N–H and O–H groups in total. The molecule has 0 saturated heterocycles. The zero-order valence-corrected chi connectivity index (χ0v) is 11.8. The third-order valence-corrected chi connectivity index (χ3v) is 2.60. The van der Waals surface area contributed by atoms with Crippen molar-refractivity contribution in [3.05, 3.63) is 35.9 Å². The second kappa shape index (κ2) is 6.64. The number of nitrogens with one attached hydrogen (secondary N) is 1. The molecule has 1 amide bonds. The number of alkyl carbamates (subject to hydrolysis) is 1. The van der Waals surface area contributed by atoms with Crippen LogP contribution in [0.5, 0.6) is 0 Å². The van der Waals surface area contributed by atoms with Crippen molar-refractivity contribution in [1.82, 2.24) is 5.32 Å². The van der Waals surface area contributed by atoms with Crippen molar-refractivity contribution in [2.75, 3.05) is 5.88 Å². The molecule has 0 aromatic heterocycles. The number of hydrogen-bond acceptors (Lipinski definition) is 2. The van der Waals surface area contributed by atoms with Crippen LogP contribution in [0.4, 0.5) is 4.79 Å². The van der Waals surface area contributed by atoms with Crippen LogP contribution in [0.25, 0.3) is 0 Å². The highest BCUT2D eigenvalue weighted by Crippen LogP contribution is 2.09. The predicted octanol–water partition coefficient (Wildman–Crippen LogP) is 3.36. The summed E-state index contributed by atoms with van der Waals surface area (Å²) in [5.41, 5.74) is 0.646. The number of amides is 1. The van der Waals surface area contributed by atoms with Gasteiger partial charge in [0.05, 0.1) is 0 Å². The van der Waals surface area contributed by atoms with Crippen LogP contribution >= 0.6 is 11.6 Å². The molecular formula is C14H20ClNO2. The minimum atomic E-state index is -0.492. The monoisotopic (exact) mass is 269 g/mol. The number of hydrogen-bond donors (Lipinski definition) is 1. The molecule has 0 heterocycles. The van der Waals surface area contributed by atoms with Crippen LogP contribution in [0.15, 0.2) is 30.3 Å². The average molecular weight is 270 g/mol. The van der Waals surface area contributed by atoms with Gasteiger partial charge in [-0.1, -0.05) is 30.3 Å². The van der Waals surface area contributed by atoms with Gasteiger partial charge in [-0.25, -0.2) is 4.79 Å². The van der Waals surface area contributed by atoms with Crippen LogP contribution in [-0.4, -0.2) is 23.6 Å². The first-order valence-electron chi connectivity index (χ1n) is 6.00. The van der Waals surface area contributed by atoms with E-state index in [1.165, 1.54) is 0 Å². The van der Waals surface area contributed by atoms with Gasteiger partial charge in [-0.05, 0) is 32.8 Å². The molecule has 1 aromatic carbocycles. The number of alkyl halides is 1. The number of carbonyl (C=O) groups is 1. The summed E-state index contributed by atoms with van der Waals surface area (Å²) in [5, 5.41) is 2.78. The normalized spacial score (nSPS) is 12.9. The Morgan fingerprint density at radius 2 is 1.94 bits per heavy atom. The maximum absolute atomic E-state index is 11.6. The van der Waals surface area contributed by atoms with Crippen molar-refractivity contribution in [2.45, 2.75) is 38.8 Å². The van der Waals surface area contributed by atoms with E-state index in [9.17, 15) is 4.79 Å². The van der Waals surface area contributed by atoms with E-state index in [1.807, 2.05) is 51.1 Å². The molecule has 0 aliphatic heterocycles. The van der Waals surface area contributed by atoms with Gasteiger partial charge in [0.1, 0.15) is 5.60 Å². The SMILES string of the molecule is CC(C)(C)OC(=O)NC(CCl)Cc1ccccc1. The molecule has 100 valence electrons. The molecule has 1 aromatic rings. The highest BCUT2D eigenvalue weighted by molar-refractivity contribution is 6.18. The van der Waals surface area contributed by atoms with E-state index in [2.05, 4.69) is 5.32 Å². The van der Waals surface area contributed by atoms with Gasteiger partial charge in [-0.15, -0.1) is 11.6 Å². The fourth-order valence-electron chi connectivity index (χ4n) is 1.52. The first kappa shape index (κ1) is 14.8. The van der Waals surface area contributed by atoms with E-state index >= 15 is 0 Å². The second-order valence-corrected chi connectivity index (χ2v) is 5.50. The second-order valence-electron chi connectivity index (χ2n) is 5.19. The Morgan fingerprint density at radius 3 is 2.44 bits per heavy atom. The molecule has 0 aliphatic carbocycles. The largest absolute Gasteiger partial charge is 0.444 e. The Bertz CT molecular complexity index is 373. The molecule has 0 spiro atoms. The van der Waals surface area contributed by atoms with Gasteiger partial charge in [0.15, 0.2) is 0 Å². The molecule has 0 fully saturated rings. The molecule has 0 saturated carbocycles. The highest BCUT2D eigenvalue weighted by atomic mass is 35.5. The molecule has 0 radical (unpaired) electrons. The number of rotatable bonds is 4. The lowest BCUT2D eigenvalue weighted by atomic mass is 10.1. The van der Waals surface area contributed by atoms with Gasteiger partial charge in [-0.3, -0.25) is 0 Å². The Kier molecular flexibility index (Phi) is 5.48. The Balaban J connectivity index is 2.50. The zero-order chi connectivity index (χ0) is 13.6. The summed E-state index contributed by atoms with van der Waals surface area (Å²) < 4.78 is 5.20. The summed E-state index contributed by atoms with van der Waals surface area (Å²) in [6.45, 7) is 5.50. The standard InChI is InChI=1S/C14H20ClNO2/c1-14(2,3)18-13(17)16-12(10-15)9-11-7-5-4-6-8-11/h4-8,12H,9-10H2,1-3H3,(H,16,17). The van der Waals surface area contributed by atoms with Crippen LogP contribution in [0.3, 0.4) is 0 Å². The Hall–Kier alpha value is -1.22. The van der Waals surface area contributed by atoms with Crippen molar-refractivity contribution >= 4 is 17.7 Å². The molecule has 1 unspecified atom stereocenters. The molecule has 1 atom stereocenters. The van der Waals surface area contributed by atoms with Crippen molar-refractivity contribution in [2.24, 2.45) is 0 Å². The van der Waals surface area contributed by atoms with E-state index < -0.39 is 11.7 Å². The summed E-state index contributed by atoms with van der Waals surface area (Å²) in [4.78, 5) is 11.6. The minimum Gasteiger partial charge on any atom is -0.444 e. The quantitative estimate of drug-likeness (QED) is 0.851. The first-order chi connectivity index (χ1) is 8.40. The van der Waals surface area contributed by atoms with Crippen molar-refractivity contribution in [3.8, 4) is 0 Å². The summed E-state index contributed by atoms with van der Waals surface area (Å²) in [7, 11) is 0. The van der Waals surface area contributed by atoms with E-state index in [0.29, 0.717) is 12.3 Å². The van der Waals surface area contributed by atoms with Crippen molar-refractivity contribution < 1.29 is 9.53 Å². The Labute approximate surface area is 113 Å². The van der Waals surface area contributed by atoms with Gasteiger partial charge in [0.25, 0.3) is 0 Å². The third kappa shape index (κ3) is 5.92. The lowest BCUT2D eigenvalue weighted by molar-refractivity contribution is 0.0509. The molecule has 0 aliphatic rings. The van der Waals surface area contributed by atoms with Crippen LogP contribution in [0.2, 0.25) is 0 Å². The summed E-state index contributed by atoms with van der Waals surface area (Å²) in [6, 6.07) is 9.79. The van der Waals surface area contributed by atoms with Crippen LogP contribution in [0, 0.1) is 0 Å². The third-order valence-electron chi connectivity index (χ3n) is 2.23. The summed E-state index contributed by atoms with van der Waals surface area (Å²) >= 11 is 5.86. The number of ether oxygens (including phenoxy) is 1. The fraction of sp³-hybridized carbons (Fsp3) is 0.500. The van der Waals surface area contributed by atoms with E-state index in [4.69, 9.17) is 16.3 Å². The molecule has 0 bridgehead atoms. The van der Waals surface area contributed by atoms with Crippen LogP contribution < -0.4 is 5.32 Å². The van der Waals surface area contributed by atoms with Crippen LogP contribution in [0.1, 0.15) is 26.3 Å². The highest BCUT2D eigenvalue weighted by Gasteiger charge is 2.19. The Morgan fingerprint density at radius 1 is 1.33 bits per heavy atom. The van der Waals surface area contributed by atoms with Gasteiger partial charge in [0.2, 0.25) is 0 Å². The molecule has 1 rings (SSSR count). The molecular weight excluding hydrogens is 250 g/mol. The minimum absolute atomic E-state index is 0.121. The van der Waals surface area contributed by atoms with E-state index in [0.717, 1.165) is 5.56 Å². The number of carbonyl (C=O) groups excluding carboxylic acids is 1.